The van der Waals surface area contributed by atoms with Crippen LogP contribution in [0.3, 0.4) is 0 Å². The van der Waals surface area contributed by atoms with Crippen molar-refractivity contribution in [2.75, 3.05) is 26.4 Å². The van der Waals surface area contributed by atoms with Crippen molar-refractivity contribution in [3.63, 3.8) is 0 Å². The van der Waals surface area contributed by atoms with Gasteiger partial charge in [-0.15, -0.1) is 0 Å². The molecule has 1 rings (SSSR count). The second-order valence-electron chi connectivity index (χ2n) is 15.2. The SMILES string of the molecule is CC/C=C\C/C=C\C/C=C\C/C=C\CCCCCCCCCCC(=O)OC(COCCC/C=C\C/C=C\C/C=C\C/C=C\CC)COC1OC(CO)C(O)C(OS(=O)(=O)O)C1O. The van der Waals surface area contributed by atoms with Gasteiger partial charge in [-0.2, -0.15) is 8.42 Å². The average molecular weight is 893 g/mol. The van der Waals surface area contributed by atoms with Gasteiger partial charge in [-0.05, 0) is 83.5 Å². The van der Waals surface area contributed by atoms with E-state index in [9.17, 15) is 28.5 Å². The Bertz CT molecular complexity index is 1450. The molecule has 0 amide bonds. The first kappa shape index (κ1) is 57.0. The van der Waals surface area contributed by atoms with Gasteiger partial charge in [0.2, 0.25) is 0 Å². The zero-order chi connectivity index (χ0) is 45.4. The van der Waals surface area contributed by atoms with Gasteiger partial charge in [0.1, 0.15) is 30.5 Å². The quantitative estimate of drug-likeness (QED) is 0.0200. The molecule has 1 fully saturated rings. The van der Waals surface area contributed by atoms with Crippen LogP contribution in [0.5, 0.6) is 0 Å². The molecular weight excluding hydrogens is 813 g/mol. The Morgan fingerprint density at radius 1 is 0.613 bits per heavy atom. The van der Waals surface area contributed by atoms with Gasteiger partial charge >= 0.3 is 16.4 Å². The molecule has 62 heavy (non-hydrogen) atoms. The molecule has 354 valence electrons. The van der Waals surface area contributed by atoms with Gasteiger partial charge in [-0.25, -0.2) is 4.18 Å². The van der Waals surface area contributed by atoms with Gasteiger partial charge < -0.3 is 34.3 Å². The summed E-state index contributed by atoms with van der Waals surface area (Å²) < 4.78 is 59.0. The number of ether oxygens (including phenoxy) is 4. The highest BCUT2D eigenvalue weighted by molar-refractivity contribution is 7.80. The maximum absolute atomic E-state index is 12.9. The van der Waals surface area contributed by atoms with E-state index < -0.39 is 59.8 Å². The lowest BCUT2D eigenvalue weighted by Gasteiger charge is -2.41. The van der Waals surface area contributed by atoms with E-state index >= 15 is 0 Å². The summed E-state index contributed by atoms with van der Waals surface area (Å²) in [6.45, 7) is 3.58. The van der Waals surface area contributed by atoms with Crippen LogP contribution in [0.2, 0.25) is 0 Å². The van der Waals surface area contributed by atoms with Crippen molar-refractivity contribution in [1.82, 2.24) is 0 Å². The average Bonchev–Trinajstić information content (AvgIpc) is 3.24. The smallest absolute Gasteiger partial charge is 0.397 e. The maximum atomic E-state index is 12.9. The van der Waals surface area contributed by atoms with Crippen LogP contribution in [-0.4, -0.2) is 97.5 Å². The second kappa shape index (κ2) is 39.6. The highest BCUT2D eigenvalue weighted by Gasteiger charge is 2.48. The van der Waals surface area contributed by atoms with Crippen molar-refractivity contribution in [2.24, 2.45) is 0 Å². The molecule has 0 aromatic rings. The Labute approximate surface area is 374 Å². The van der Waals surface area contributed by atoms with E-state index in [2.05, 4.69) is 115 Å². The van der Waals surface area contributed by atoms with Gasteiger partial charge in [0.15, 0.2) is 6.29 Å². The third kappa shape index (κ3) is 32.7. The van der Waals surface area contributed by atoms with Crippen LogP contribution in [0.15, 0.2) is 97.2 Å². The fourth-order valence-electron chi connectivity index (χ4n) is 6.31. The van der Waals surface area contributed by atoms with Crippen LogP contribution in [0.4, 0.5) is 0 Å². The van der Waals surface area contributed by atoms with E-state index in [-0.39, 0.29) is 19.6 Å². The molecule has 0 saturated carbocycles. The topological polar surface area (TPSA) is 178 Å². The van der Waals surface area contributed by atoms with Crippen molar-refractivity contribution in [3.05, 3.63) is 97.2 Å². The molecule has 13 heteroatoms. The summed E-state index contributed by atoms with van der Waals surface area (Å²) in [5, 5.41) is 30.7. The molecule has 0 aromatic heterocycles. The number of aliphatic hydroxyl groups is 3. The number of aliphatic hydroxyl groups excluding tert-OH is 3. The second-order valence-corrected chi connectivity index (χ2v) is 16.3. The molecular formula is C49H80O12S. The maximum Gasteiger partial charge on any atom is 0.397 e. The Morgan fingerprint density at radius 2 is 1.06 bits per heavy atom. The molecule has 1 aliphatic rings. The van der Waals surface area contributed by atoms with Crippen LogP contribution in [0.25, 0.3) is 0 Å². The summed E-state index contributed by atoms with van der Waals surface area (Å²) in [5.74, 6) is -0.431. The lowest BCUT2D eigenvalue weighted by Crippen LogP contribution is -2.60. The number of hydrogen-bond acceptors (Lipinski definition) is 11. The van der Waals surface area contributed by atoms with Crippen LogP contribution >= 0.6 is 0 Å². The van der Waals surface area contributed by atoms with Gasteiger partial charge in [0.05, 0.1) is 19.8 Å². The first-order valence-electron chi connectivity index (χ1n) is 23.0. The zero-order valence-corrected chi connectivity index (χ0v) is 38.5. The van der Waals surface area contributed by atoms with E-state index in [1.165, 1.54) is 19.3 Å². The molecule has 1 aliphatic heterocycles. The molecule has 4 N–H and O–H groups in total. The molecule has 1 heterocycles. The Kier molecular flexibility index (Phi) is 36.4. The summed E-state index contributed by atoms with van der Waals surface area (Å²) in [6.07, 6.45) is 44.5. The van der Waals surface area contributed by atoms with E-state index in [0.29, 0.717) is 13.0 Å². The van der Waals surface area contributed by atoms with Crippen LogP contribution in [-0.2, 0) is 38.3 Å². The monoisotopic (exact) mass is 893 g/mol. The lowest BCUT2D eigenvalue weighted by molar-refractivity contribution is -0.301. The third-order valence-electron chi connectivity index (χ3n) is 9.70. The number of esters is 1. The number of carbonyl (C=O) groups excluding carboxylic acids is 1. The summed E-state index contributed by atoms with van der Waals surface area (Å²) in [4.78, 5) is 12.9. The molecule has 1 saturated heterocycles. The van der Waals surface area contributed by atoms with Gasteiger partial charge in [0.25, 0.3) is 0 Å². The number of rotatable bonds is 38. The van der Waals surface area contributed by atoms with Crippen molar-refractivity contribution in [3.8, 4) is 0 Å². The number of hydrogen-bond donors (Lipinski definition) is 4. The van der Waals surface area contributed by atoms with Crippen LogP contribution < -0.4 is 0 Å². The minimum absolute atomic E-state index is 0.0119. The van der Waals surface area contributed by atoms with Gasteiger partial charge in [-0.1, -0.05) is 150 Å². The first-order valence-corrected chi connectivity index (χ1v) is 24.4. The molecule has 0 spiro atoms. The van der Waals surface area contributed by atoms with E-state index in [4.69, 9.17) is 23.5 Å². The Hall–Kier alpha value is -2.98. The number of unbranched alkanes of at least 4 members (excludes halogenated alkanes) is 9. The van der Waals surface area contributed by atoms with Gasteiger partial charge in [0, 0.05) is 13.0 Å². The molecule has 6 atom stereocenters. The molecule has 0 aromatic carbocycles. The van der Waals surface area contributed by atoms with Crippen molar-refractivity contribution in [2.45, 2.75) is 179 Å². The Balaban J connectivity index is 2.45. The highest BCUT2D eigenvalue weighted by Crippen LogP contribution is 2.26. The minimum Gasteiger partial charge on any atom is -0.457 e. The predicted octanol–water partition coefficient (Wildman–Crippen LogP) is 9.85. The lowest BCUT2D eigenvalue weighted by atomic mass is 9.99. The van der Waals surface area contributed by atoms with Gasteiger partial charge in [-0.3, -0.25) is 9.35 Å². The van der Waals surface area contributed by atoms with E-state index in [1.54, 1.807) is 0 Å². The highest BCUT2D eigenvalue weighted by atomic mass is 32.3. The zero-order valence-electron chi connectivity index (χ0n) is 37.6. The molecule has 0 aliphatic carbocycles. The van der Waals surface area contributed by atoms with Crippen molar-refractivity contribution >= 4 is 16.4 Å². The minimum atomic E-state index is -5.08. The van der Waals surface area contributed by atoms with Crippen molar-refractivity contribution < 1.29 is 56.2 Å². The normalized spacial score (nSPS) is 20.9. The van der Waals surface area contributed by atoms with E-state index in [0.717, 1.165) is 96.3 Å². The number of carbonyl (C=O) groups is 1. The summed E-state index contributed by atoms with van der Waals surface area (Å²) in [5.41, 5.74) is 0. The summed E-state index contributed by atoms with van der Waals surface area (Å²) in [6, 6.07) is 0. The van der Waals surface area contributed by atoms with Crippen LogP contribution in [0.1, 0.15) is 142 Å². The molecule has 12 nitrogen and oxygen atoms in total. The summed E-state index contributed by atoms with van der Waals surface area (Å²) >= 11 is 0. The molecule has 6 unspecified atom stereocenters. The first-order chi connectivity index (χ1) is 30.1. The van der Waals surface area contributed by atoms with Crippen LogP contribution in [0, 0.1) is 0 Å². The largest absolute Gasteiger partial charge is 0.457 e. The third-order valence-corrected chi connectivity index (χ3v) is 10.2. The van der Waals surface area contributed by atoms with E-state index in [1.807, 2.05) is 0 Å². The fourth-order valence-corrected chi connectivity index (χ4v) is 6.82. The predicted molar refractivity (Wildman–Crippen MR) is 248 cm³/mol. The molecule has 0 bridgehead atoms. The fraction of sp³-hybridized carbons (Fsp3) is 0.653. The number of allylic oxidation sites excluding steroid dienone is 16. The molecule has 0 radical (unpaired) electrons. The Morgan fingerprint density at radius 3 is 1.55 bits per heavy atom. The van der Waals surface area contributed by atoms with Crippen molar-refractivity contribution in [1.29, 1.82) is 0 Å². The standard InChI is InChI=1S/C49H80O12S/c1-3-5-7-9-11-13-15-17-19-20-21-22-23-24-25-26-28-30-32-34-36-38-45(51)59-43(41-57-39-37-35-33-31-29-27-18-16-14-12-10-8-6-4-2)42-58-49-47(53)48(61-62(54,55)56)46(52)44(40-50)60-49/h5-8,11-14,17-19,21-22,27,31,33,43-44,46-50,52-53H,3-4,9-10,15-16,20,23-26,28-30,32,34-42H2,1-2H3,(H,54,55,56)/b7-5-,8-6-,13-11-,14-12-,19-17-,22-21-,27-18-,33-31-. The summed E-state index contributed by atoms with van der Waals surface area (Å²) in [7, 11) is -5.08.